The minimum Gasteiger partial charge on any atom is -0.398 e. The molecule has 1 amide bonds. The highest BCUT2D eigenvalue weighted by Crippen LogP contribution is 2.15. The van der Waals surface area contributed by atoms with E-state index in [4.69, 9.17) is 5.73 Å². The third-order valence-corrected chi connectivity index (χ3v) is 2.80. The van der Waals surface area contributed by atoms with Crippen LogP contribution in [0.4, 0.5) is 5.69 Å². The second kappa shape index (κ2) is 5.48. The lowest BCUT2D eigenvalue weighted by atomic mass is 10.1. The Morgan fingerprint density at radius 1 is 1.26 bits per heavy atom. The van der Waals surface area contributed by atoms with Crippen molar-refractivity contribution in [3.8, 4) is 0 Å². The molecule has 0 radical (unpaired) electrons. The van der Waals surface area contributed by atoms with E-state index in [-0.39, 0.29) is 5.91 Å². The van der Waals surface area contributed by atoms with Gasteiger partial charge in [0.2, 0.25) is 0 Å². The van der Waals surface area contributed by atoms with E-state index in [2.05, 4.69) is 15.3 Å². The number of carbonyl (C=O) groups is 1. The minimum atomic E-state index is -0.196. The third-order valence-electron chi connectivity index (χ3n) is 2.80. The number of nitrogens with zero attached hydrogens (tertiary/aromatic N) is 2. The van der Waals surface area contributed by atoms with Crippen molar-refractivity contribution in [2.24, 2.45) is 0 Å². The fraction of sp³-hybridized carbons (Fsp3) is 0.214. The van der Waals surface area contributed by atoms with E-state index in [0.717, 1.165) is 11.3 Å². The van der Waals surface area contributed by atoms with Crippen LogP contribution < -0.4 is 11.1 Å². The molecule has 5 nitrogen and oxygen atoms in total. The number of nitrogens with two attached hydrogens (primary N) is 1. The van der Waals surface area contributed by atoms with Crippen LogP contribution >= 0.6 is 0 Å². The van der Waals surface area contributed by atoms with Crippen LogP contribution in [-0.2, 0) is 6.54 Å². The van der Waals surface area contributed by atoms with Gasteiger partial charge in [-0.05, 0) is 25.5 Å². The quantitative estimate of drug-likeness (QED) is 0.817. The Labute approximate surface area is 111 Å². The number of aryl methyl sites for hydroxylation is 2. The molecule has 0 aliphatic rings. The third kappa shape index (κ3) is 3.07. The molecule has 0 bridgehead atoms. The lowest BCUT2D eigenvalue weighted by Crippen LogP contribution is -2.25. The Balaban J connectivity index is 2.07. The number of carbonyl (C=O) groups excluding carboxylic acids is 1. The smallest absolute Gasteiger partial charge is 0.253 e. The maximum Gasteiger partial charge on any atom is 0.253 e. The predicted octanol–water partition coefficient (Wildman–Crippen LogP) is 1.61. The molecule has 2 rings (SSSR count). The lowest BCUT2D eigenvalue weighted by Gasteiger charge is -2.09. The molecular formula is C14H16N4O. The second-order valence-corrected chi connectivity index (χ2v) is 4.37. The van der Waals surface area contributed by atoms with Crippen molar-refractivity contribution in [1.82, 2.24) is 15.3 Å². The molecule has 0 spiro atoms. The first-order chi connectivity index (χ1) is 9.08. The summed E-state index contributed by atoms with van der Waals surface area (Å²) in [7, 11) is 0. The number of aromatic nitrogens is 2. The van der Waals surface area contributed by atoms with Crippen molar-refractivity contribution >= 4 is 11.6 Å². The molecule has 1 aromatic heterocycles. The van der Waals surface area contributed by atoms with Gasteiger partial charge in [-0.1, -0.05) is 12.1 Å². The van der Waals surface area contributed by atoms with Gasteiger partial charge < -0.3 is 11.1 Å². The number of benzene rings is 1. The Morgan fingerprint density at radius 2 is 2.05 bits per heavy atom. The Bertz CT molecular complexity index is 573. The molecular weight excluding hydrogens is 240 g/mol. The zero-order valence-corrected chi connectivity index (χ0v) is 11.0. The van der Waals surface area contributed by atoms with Crippen LogP contribution in [-0.4, -0.2) is 15.9 Å². The fourth-order valence-electron chi connectivity index (χ4n) is 1.77. The van der Waals surface area contributed by atoms with Crippen LogP contribution in [0, 0.1) is 13.8 Å². The molecule has 1 aromatic carbocycles. The van der Waals surface area contributed by atoms with Crippen LogP contribution in [0.5, 0.6) is 0 Å². The zero-order valence-electron chi connectivity index (χ0n) is 11.0. The SMILES string of the molecule is Cc1cnc(CNC(=O)c2c(C)cccc2N)cn1. The van der Waals surface area contributed by atoms with Gasteiger partial charge in [0, 0.05) is 11.9 Å². The number of amides is 1. The molecule has 0 atom stereocenters. The highest BCUT2D eigenvalue weighted by molar-refractivity contribution is 6.00. The molecule has 19 heavy (non-hydrogen) atoms. The Kier molecular flexibility index (Phi) is 3.75. The number of anilines is 1. The van der Waals surface area contributed by atoms with Crippen LogP contribution in [0.3, 0.4) is 0 Å². The van der Waals surface area contributed by atoms with E-state index in [1.807, 2.05) is 26.0 Å². The number of rotatable bonds is 3. The van der Waals surface area contributed by atoms with Gasteiger partial charge in [0.1, 0.15) is 0 Å². The van der Waals surface area contributed by atoms with Gasteiger partial charge in [-0.15, -0.1) is 0 Å². The average molecular weight is 256 g/mol. The van der Waals surface area contributed by atoms with E-state index in [9.17, 15) is 4.79 Å². The van der Waals surface area contributed by atoms with Gasteiger partial charge in [0.05, 0.1) is 29.7 Å². The summed E-state index contributed by atoms with van der Waals surface area (Å²) in [6.45, 7) is 4.06. The van der Waals surface area contributed by atoms with E-state index in [0.29, 0.717) is 23.5 Å². The zero-order chi connectivity index (χ0) is 13.8. The fourth-order valence-corrected chi connectivity index (χ4v) is 1.77. The van der Waals surface area contributed by atoms with E-state index < -0.39 is 0 Å². The summed E-state index contributed by atoms with van der Waals surface area (Å²) in [5, 5.41) is 2.79. The summed E-state index contributed by atoms with van der Waals surface area (Å²) < 4.78 is 0. The normalized spacial score (nSPS) is 10.2. The number of nitrogens with one attached hydrogen (secondary N) is 1. The molecule has 0 fully saturated rings. The van der Waals surface area contributed by atoms with Crippen molar-refractivity contribution < 1.29 is 4.79 Å². The van der Waals surface area contributed by atoms with Gasteiger partial charge in [-0.25, -0.2) is 0 Å². The lowest BCUT2D eigenvalue weighted by molar-refractivity contribution is 0.0950. The standard InChI is InChI=1S/C14H16N4O/c1-9-4-3-5-12(15)13(9)14(19)18-8-11-7-16-10(2)6-17-11/h3-7H,8,15H2,1-2H3,(H,18,19). The Hall–Kier alpha value is -2.43. The maximum atomic E-state index is 12.1. The average Bonchev–Trinajstić information content (AvgIpc) is 2.38. The molecule has 98 valence electrons. The highest BCUT2D eigenvalue weighted by atomic mass is 16.1. The molecule has 0 saturated carbocycles. The largest absolute Gasteiger partial charge is 0.398 e. The summed E-state index contributed by atoms with van der Waals surface area (Å²) in [5.41, 5.74) is 9.23. The van der Waals surface area contributed by atoms with Crippen LogP contribution in [0.15, 0.2) is 30.6 Å². The molecule has 3 N–H and O–H groups in total. The summed E-state index contributed by atoms with van der Waals surface area (Å²) in [6.07, 6.45) is 3.32. The minimum absolute atomic E-state index is 0.196. The van der Waals surface area contributed by atoms with Gasteiger partial charge >= 0.3 is 0 Å². The van der Waals surface area contributed by atoms with Gasteiger partial charge in [-0.3, -0.25) is 14.8 Å². The number of hydrogen-bond donors (Lipinski definition) is 2. The monoisotopic (exact) mass is 256 g/mol. The molecule has 5 heteroatoms. The molecule has 0 saturated heterocycles. The van der Waals surface area contributed by atoms with Crippen molar-refractivity contribution in [1.29, 1.82) is 0 Å². The highest BCUT2D eigenvalue weighted by Gasteiger charge is 2.12. The second-order valence-electron chi connectivity index (χ2n) is 4.37. The van der Waals surface area contributed by atoms with Crippen molar-refractivity contribution in [2.45, 2.75) is 20.4 Å². The van der Waals surface area contributed by atoms with Gasteiger partial charge in [-0.2, -0.15) is 0 Å². The van der Waals surface area contributed by atoms with Crippen LogP contribution in [0.2, 0.25) is 0 Å². The summed E-state index contributed by atoms with van der Waals surface area (Å²) in [5.74, 6) is -0.196. The summed E-state index contributed by atoms with van der Waals surface area (Å²) in [6, 6.07) is 5.40. The molecule has 2 aromatic rings. The molecule has 0 aliphatic heterocycles. The first-order valence-electron chi connectivity index (χ1n) is 5.98. The first kappa shape index (κ1) is 13.0. The Morgan fingerprint density at radius 3 is 2.68 bits per heavy atom. The maximum absolute atomic E-state index is 12.1. The topological polar surface area (TPSA) is 80.9 Å². The van der Waals surface area contributed by atoms with E-state index >= 15 is 0 Å². The number of hydrogen-bond acceptors (Lipinski definition) is 4. The first-order valence-corrected chi connectivity index (χ1v) is 5.98. The number of nitrogen functional groups attached to an aromatic ring is 1. The van der Waals surface area contributed by atoms with Crippen molar-refractivity contribution in [2.75, 3.05) is 5.73 Å². The van der Waals surface area contributed by atoms with E-state index in [1.165, 1.54) is 0 Å². The van der Waals surface area contributed by atoms with Crippen LogP contribution in [0.1, 0.15) is 27.3 Å². The van der Waals surface area contributed by atoms with E-state index in [1.54, 1.807) is 18.5 Å². The molecule has 0 unspecified atom stereocenters. The van der Waals surface area contributed by atoms with Crippen molar-refractivity contribution in [3.05, 3.63) is 53.1 Å². The summed E-state index contributed by atoms with van der Waals surface area (Å²) >= 11 is 0. The molecule has 0 aliphatic carbocycles. The summed E-state index contributed by atoms with van der Waals surface area (Å²) in [4.78, 5) is 20.4. The van der Waals surface area contributed by atoms with Gasteiger partial charge in [0.25, 0.3) is 5.91 Å². The van der Waals surface area contributed by atoms with Gasteiger partial charge in [0.15, 0.2) is 0 Å². The molecule has 1 heterocycles. The predicted molar refractivity (Wildman–Crippen MR) is 73.5 cm³/mol. The van der Waals surface area contributed by atoms with Crippen LogP contribution in [0.25, 0.3) is 0 Å². The van der Waals surface area contributed by atoms with Crippen molar-refractivity contribution in [3.63, 3.8) is 0 Å².